The topological polar surface area (TPSA) is 1090 Å². The lowest BCUT2D eigenvalue weighted by atomic mass is 9.87. The lowest BCUT2D eigenvalue weighted by Crippen LogP contribution is -2.72. The molecule has 10 aliphatic heterocycles. The minimum absolute atomic E-state index is 0.779. The molecule has 54 atom stereocenters. The Labute approximate surface area is 809 Å². The summed E-state index contributed by atoms with van der Waals surface area (Å²) in [5.74, 6) is -20.6. The highest BCUT2D eigenvalue weighted by atomic mass is 31.2. The first-order valence-corrected chi connectivity index (χ1v) is 45.9. The summed E-state index contributed by atoms with van der Waals surface area (Å²) >= 11 is 0. The monoisotopic (exact) mass is 2140 g/mol. The van der Waals surface area contributed by atoms with Crippen molar-refractivity contribution in [2.75, 3.05) is 66.1 Å². The predicted octanol–water partition coefficient (Wildman–Crippen LogP) is -25.3. The second-order valence-corrected chi connectivity index (χ2v) is 36.8. The number of ether oxygens (including phenoxy) is 19. The first kappa shape index (κ1) is 121. The predicted molar refractivity (Wildman–Crippen MR) is 433 cm³/mol. The van der Waals surface area contributed by atoms with E-state index in [1.54, 1.807) is 0 Å². The van der Waals surface area contributed by atoms with Crippen molar-refractivity contribution in [2.24, 2.45) is 0 Å². The summed E-state index contributed by atoms with van der Waals surface area (Å²) in [5, 5.41) is 401. The Morgan fingerprint density at radius 3 is 1.21 bits per heavy atom. The molecule has 834 valence electrons. The molecule has 0 aromatic rings. The van der Waals surface area contributed by atoms with E-state index in [4.69, 9.17) is 90.0 Å². The van der Waals surface area contributed by atoms with Crippen molar-refractivity contribution in [1.82, 2.24) is 16.0 Å². The van der Waals surface area contributed by atoms with Gasteiger partial charge in [0, 0.05) is 40.0 Å². The summed E-state index contributed by atoms with van der Waals surface area (Å²) in [6, 6.07) is -6.22. The molecule has 10 fully saturated rings. The number of carboxylic acids is 3. The van der Waals surface area contributed by atoms with Crippen LogP contribution >= 0.6 is 7.82 Å². The number of phosphoric ester groups is 1. The molecule has 0 saturated carbocycles. The second kappa shape index (κ2) is 50.6. The van der Waals surface area contributed by atoms with E-state index in [2.05, 4.69) is 20.5 Å². The third kappa shape index (κ3) is 26.5. The van der Waals surface area contributed by atoms with Gasteiger partial charge in [-0.15, -0.1) is 0 Å². The highest BCUT2D eigenvalue weighted by Gasteiger charge is 2.67. The van der Waals surface area contributed by atoms with Gasteiger partial charge in [0.2, 0.25) is 17.7 Å². The van der Waals surface area contributed by atoms with Crippen LogP contribution in [0.5, 0.6) is 0 Å². The summed E-state index contributed by atoms with van der Waals surface area (Å²) in [6.45, 7) is -11.9. The van der Waals surface area contributed by atoms with Crippen LogP contribution in [0.25, 0.3) is 0 Å². The number of aliphatic hydroxyl groups is 32. The Balaban J connectivity index is 0.987. The number of hydrogen-bond acceptors (Lipinski definition) is 59. The molecule has 0 radical (unpaired) electrons. The van der Waals surface area contributed by atoms with Crippen LogP contribution in [0.2, 0.25) is 0 Å². The molecule has 144 heavy (non-hydrogen) atoms. The van der Waals surface area contributed by atoms with Crippen molar-refractivity contribution in [1.29, 1.82) is 0 Å². The van der Waals surface area contributed by atoms with Gasteiger partial charge in [-0.2, -0.15) is 0 Å². The van der Waals surface area contributed by atoms with Crippen LogP contribution in [0, 0.1) is 0 Å². The number of aliphatic carboxylic acids is 3. The Morgan fingerprint density at radius 1 is 0.340 bits per heavy atom. The van der Waals surface area contributed by atoms with E-state index in [1.165, 1.54) is 0 Å². The molecule has 0 aromatic heterocycles. The summed E-state index contributed by atoms with van der Waals surface area (Å²) in [7, 11) is -5.78. The molecule has 0 spiro atoms. The molecule has 10 heterocycles. The molecule has 0 aliphatic carbocycles. The number of rotatable bonds is 43. The van der Waals surface area contributed by atoms with E-state index in [0.29, 0.717) is 0 Å². The number of aliphatic hydroxyl groups excluding tert-OH is 31. The van der Waals surface area contributed by atoms with Crippen LogP contribution < -0.4 is 16.0 Å². The summed E-state index contributed by atoms with van der Waals surface area (Å²) in [5.41, 5.74) is 0. The molecular formula is C76H126N3O64P. The third-order valence-electron chi connectivity index (χ3n) is 25.5. The zero-order valence-corrected chi connectivity index (χ0v) is 76.5. The van der Waals surface area contributed by atoms with E-state index in [9.17, 15) is 222 Å². The highest BCUT2D eigenvalue weighted by molar-refractivity contribution is 7.46. The number of carboxylic acid groups (broad SMARTS) is 3. The first-order chi connectivity index (χ1) is 67.4. The van der Waals surface area contributed by atoms with E-state index in [0.717, 1.165) is 20.8 Å². The fourth-order valence-corrected chi connectivity index (χ4v) is 18.4. The van der Waals surface area contributed by atoms with Gasteiger partial charge < -0.3 is 294 Å². The van der Waals surface area contributed by atoms with Crippen LogP contribution in [0.3, 0.4) is 0 Å². The molecule has 68 heteroatoms. The second-order valence-electron chi connectivity index (χ2n) is 35.6. The zero-order chi connectivity index (χ0) is 107. The van der Waals surface area contributed by atoms with Crippen molar-refractivity contribution >= 4 is 43.5 Å². The maximum Gasteiger partial charge on any atom is 0.469 e. The van der Waals surface area contributed by atoms with Gasteiger partial charge in [0.25, 0.3) is 17.4 Å². The molecule has 10 saturated heterocycles. The average Bonchev–Trinajstić information content (AvgIpc) is 0.742. The van der Waals surface area contributed by atoms with E-state index in [-0.39, 0.29) is 0 Å². The van der Waals surface area contributed by atoms with Crippen LogP contribution in [0.15, 0.2) is 0 Å². The number of carbonyl (C=O) groups excluding carboxylic acids is 3. The molecule has 40 N–H and O–H groups in total. The lowest BCUT2D eigenvalue weighted by Gasteiger charge is -2.53. The van der Waals surface area contributed by atoms with E-state index < -0.39 is 459 Å². The summed E-state index contributed by atoms with van der Waals surface area (Å²) in [6.07, 6.45) is -126. The highest BCUT2D eigenvalue weighted by Crippen LogP contribution is 2.47. The molecule has 0 aromatic carbocycles. The van der Waals surface area contributed by atoms with Gasteiger partial charge in [-0.3, -0.25) is 18.9 Å². The smallest absolute Gasteiger partial charge is 0.469 e. The maximum atomic E-state index is 13.9. The first-order valence-electron chi connectivity index (χ1n) is 44.4. The minimum Gasteiger partial charge on any atom is -0.477 e. The maximum absolute atomic E-state index is 13.9. The molecule has 0 bridgehead atoms. The van der Waals surface area contributed by atoms with Gasteiger partial charge in [0.15, 0.2) is 44.0 Å². The summed E-state index contributed by atoms with van der Waals surface area (Å²) in [4.78, 5) is 97.8. The standard InChI is InChI=1S/C76H126N3O64P/c1-17(89)77-33-20(92)5-75(72(116)117,141-57(33)36(99)23(95)7-80)139-31(14-87)41(104)58-34(78-18(2)90)21(93)6-76(142-58,73(118)119)143-59-40(103)30(13-86)128-68(49(59)112)134-56-35(79-19(3)91)64(125-29(12-85)39(56)102)133-55-32(15-88)129-67(47(110)44(55)107)135-60-48(111)51(24(96)8-81)130-70(63(60)138-66-46(109)43(106)38(101)28(11-84)127-66)136-61-50(113)69(131-52-22(94)4-74(120,71(114)115)140-54(52)25(97)9-82)132-53(26(98)16-124-144(121,122)123)62(61)137-65-45(108)42(105)37(100)27(10-83)126-65/h20-70,80-88,92-113,120H,4-16H2,1-3H3,(H,77,89)(H,78,90)(H,79,91)(H,114,115)(H,116,117)(H,118,119)(H2,121,122,123)/t20-,21-,22+,23+,24-,25+,26-,27+,28+,29+,30+,31+,32+,33+,34+,35+,36+,37+,38+,39-,40-,41+,42-,43-,44+,45+,46+,47+,48+,49+,50-,51+,52+,53+,54+,55-,56+,57+,58+,59-,60-,61+,62+,63-,64-,65-,66-,67-,68-,69-,70+,74+,75+,76-/m0/s1. The average molecular weight is 2140 g/mol. The van der Waals surface area contributed by atoms with Crippen molar-refractivity contribution in [2.45, 2.75) is 370 Å². The van der Waals surface area contributed by atoms with Crippen LogP contribution in [0.4, 0.5) is 0 Å². The molecule has 10 rings (SSSR count). The minimum atomic E-state index is -5.78. The van der Waals surface area contributed by atoms with Crippen LogP contribution in [-0.2, 0) is 128 Å². The van der Waals surface area contributed by atoms with Crippen molar-refractivity contribution in [3.05, 3.63) is 0 Å². The fourth-order valence-electron chi connectivity index (χ4n) is 18.1. The number of phosphoric acid groups is 1. The lowest BCUT2D eigenvalue weighted by molar-refractivity contribution is -0.423. The largest absolute Gasteiger partial charge is 0.477 e. The zero-order valence-electron chi connectivity index (χ0n) is 75.7. The van der Waals surface area contributed by atoms with E-state index in [1.807, 2.05) is 0 Å². The number of hydrogen-bond donors (Lipinski definition) is 40. The Kier molecular flexibility index (Phi) is 42.5. The van der Waals surface area contributed by atoms with Gasteiger partial charge in [-0.25, -0.2) is 18.9 Å². The van der Waals surface area contributed by atoms with Crippen molar-refractivity contribution in [3.63, 3.8) is 0 Å². The van der Waals surface area contributed by atoms with Gasteiger partial charge in [-0.1, -0.05) is 0 Å². The third-order valence-corrected chi connectivity index (χ3v) is 26.0. The molecule has 3 amide bonds. The number of nitrogens with one attached hydrogen (secondary N) is 3. The van der Waals surface area contributed by atoms with Gasteiger partial charge in [-0.05, 0) is 0 Å². The van der Waals surface area contributed by atoms with Crippen molar-refractivity contribution in [3.8, 4) is 0 Å². The Hall–Kier alpha value is -5.11. The quantitative estimate of drug-likeness (QED) is 0.0252. The van der Waals surface area contributed by atoms with Crippen LogP contribution in [-0.4, -0.2) is 620 Å². The van der Waals surface area contributed by atoms with E-state index >= 15 is 0 Å². The SMILES string of the molecule is CC(=O)N[C@H]1[C@H](O[C@@H]2[C@H](O)[C@@H](O)[C@H](O[C@H]3[C@H](O)[C@@H]([C@@H](O)CO)O[C@H](O[C@@H]4[C@H](O)[C@@H](O[C@H]5[C@@H]([C@H](O)CO)O[C@@](O)(C(=O)O)C[C@H]5O)O[C@H]([C@@H](O)COP(=O)(O)O)[C@H]4O[C@@H]4O[C@H](CO)[C@@H](O)[C@H](O)[C@H]4O)[C@H]3O[C@@H]3O[C@H](CO)[C@@H](O)[C@H](O)[C@H]3O)O[C@@H]2CO)O[C@H](CO)[C@H](O)[C@@H]1O[C@@H]1O[C@H](CO)[C@H](O)[C@H](O[C@]2(C(=O)O)C[C@H](O)[C@@H](NC(C)=O)[C@H]([C@H](O)[C@@H](CO)O[C@]3(C(=O)O)C[C@H](O)[C@@H](NC(C)=O)[C@H]([C@H](O)[C@H](O)CO)O3)O2)[C@H]1O. The molecule has 0 unspecified atom stereocenters. The van der Waals surface area contributed by atoms with Gasteiger partial charge >= 0.3 is 25.7 Å². The van der Waals surface area contributed by atoms with Gasteiger partial charge in [0.1, 0.15) is 238 Å². The summed E-state index contributed by atoms with van der Waals surface area (Å²) < 4.78 is 128. The normalized spacial score (nSPS) is 45.6. The molecule has 67 nitrogen and oxygen atoms in total. The number of amides is 3. The van der Waals surface area contributed by atoms with Crippen LogP contribution in [0.1, 0.15) is 40.0 Å². The number of carbonyl (C=O) groups is 6. The van der Waals surface area contributed by atoms with Crippen molar-refractivity contribution < 1.29 is 316 Å². The Morgan fingerprint density at radius 2 is 0.729 bits per heavy atom. The fraction of sp³-hybridized carbons (Fsp3) is 0.921. The molecular weight excluding hydrogens is 2010 g/mol. The molecule has 10 aliphatic rings. The Bertz CT molecular complexity index is 4170. The van der Waals surface area contributed by atoms with Gasteiger partial charge in [0.05, 0.1) is 96.5 Å².